The Morgan fingerprint density at radius 2 is 2.00 bits per heavy atom. The van der Waals surface area contributed by atoms with Crippen LogP contribution in [-0.4, -0.2) is 10.8 Å². The summed E-state index contributed by atoms with van der Waals surface area (Å²) in [5, 5.41) is 0.651. The number of hydrogen-bond donors (Lipinski definition) is 0. The Morgan fingerprint density at radius 1 is 1.32 bits per heavy atom. The van der Waals surface area contributed by atoms with Crippen LogP contribution in [0, 0.1) is 6.92 Å². The normalized spacial score (nSPS) is 11.6. The molecule has 0 saturated heterocycles. The molecule has 0 aliphatic carbocycles. The Hall–Kier alpha value is -1.69. The highest BCUT2D eigenvalue weighted by Gasteiger charge is 2.31. The summed E-state index contributed by atoms with van der Waals surface area (Å²) < 4.78 is 38.0. The lowest BCUT2D eigenvalue weighted by Gasteiger charge is -2.08. The number of carbonyl (C=O) groups is 1. The molecule has 0 atom stereocenters. The summed E-state index contributed by atoms with van der Waals surface area (Å²) >= 11 is 1.19. The van der Waals surface area contributed by atoms with Crippen LogP contribution in [0.1, 0.15) is 27.2 Å². The number of benzene rings is 1. The van der Waals surface area contributed by atoms with E-state index in [-0.39, 0.29) is 5.78 Å². The van der Waals surface area contributed by atoms with Crippen LogP contribution < -0.4 is 0 Å². The van der Waals surface area contributed by atoms with Gasteiger partial charge in [0, 0.05) is 12.5 Å². The number of thiazole rings is 1. The second kappa shape index (κ2) is 4.77. The van der Waals surface area contributed by atoms with Gasteiger partial charge < -0.3 is 0 Å². The molecule has 0 radical (unpaired) electrons. The van der Waals surface area contributed by atoms with Gasteiger partial charge in [0.05, 0.1) is 21.1 Å². The molecule has 1 aromatic heterocycles. The molecule has 0 amide bonds. The summed E-state index contributed by atoms with van der Waals surface area (Å²) in [6, 6.07) is 4.85. The van der Waals surface area contributed by atoms with Gasteiger partial charge in [0.25, 0.3) is 0 Å². The van der Waals surface area contributed by atoms with Gasteiger partial charge in [-0.25, -0.2) is 4.98 Å². The maximum Gasteiger partial charge on any atom is 0.416 e. The fraction of sp³-hybridized carbons (Fsp3) is 0.231. The summed E-state index contributed by atoms with van der Waals surface area (Å²) in [5.41, 5.74) is -0.115. The molecule has 1 heterocycles. The Labute approximate surface area is 111 Å². The van der Waals surface area contributed by atoms with Crippen molar-refractivity contribution in [1.82, 2.24) is 4.98 Å². The first-order chi connectivity index (χ1) is 8.79. The van der Waals surface area contributed by atoms with Crippen molar-refractivity contribution >= 4 is 17.1 Å². The molecule has 2 aromatic rings. The minimum absolute atomic E-state index is 0.196. The van der Waals surface area contributed by atoms with E-state index in [1.807, 2.05) is 0 Å². The average molecular weight is 285 g/mol. The van der Waals surface area contributed by atoms with Crippen LogP contribution in [0.4, 0.5) is 13.2 Å². The van der Waals surface area contributed by atoms with Gasteiger partial charge in [0.2, 0.25) is 0 Å². The maximum atomic E-state index is 12.7. The van der Waals surface area contributed by atoms with Gasteiger partial charge in [-0.05, 0) is 19.1 Å². The van der Waals surface area contributed by atoms with E-state index in [1.165, 1.54) is 30.4 Å². The van der Waals surface area contributed by atoms with Crippen LogP contribution in [0.2, 0.25) is 0 Å². The van der Waals surface area contributed by atoms with E-state index in [2.05, 4.69) is 4.98 Å². The number of rotatable bonds is 2. The van der Waals surface area contributed by atoms with E-state index in [4.69, 9.17) is 0 Å². The standard InChI is InChI=1S/C13H10F3NOS/c1-7(18)12-11(17-8(2)19-12)9-4-3-5-10(6-9)13(14,15)16/h3-6H,1-2H3. The van der Waals surface area contributed by atoms with Crippen molar-refractivity contribution in [3.8, 4) is 11.3 Å². The van der Waals surface area contributed by atoms with Crippen molar-refractivity contribution in [3.63, 3.8) is 0 Å². The van der Waals surface area contributed by atoms with Crippen molar-refractivity contribution in [2.24, 2.45) is 0 Å². The minimum Gasteiger partial charge on any atom is -0.294 e. The van der Waals surface area contributed by atoms with Crippen molar-refractivity contribution in [2.75, 3.05) is 0 Å². The van der Waals surface area contributed by atoms with Crippen molar-refractivity contribution < 1.29 is 18.0 Å². The number of alkyl halides is 3. The number of nitrogens with zero attached hydrogens (tertiary/aromatic N) is 1. The maximum absolute atomic E-state index is 12.7. The smallest absolute Gasteiger partial charge is 0.294 e. The van der Waals surface area contributed by atoms with Crippen LogP contribution in [0.15, 0.2) is 24.3 Å². The summed E-state index contributed by atoms with van der Waals surface area (Å²) in [4.78, 5) is 16.0. The van der Waals surface area contributed by atoms with Gasteiger partial charge in [-0.1, -0.05) is 12.1 Å². The number of aryl methyl sites for hydroxylation is 1. The zero-order valence-corrected chi connectivity index (χ0v) is 11.0. The highest BCUT2D eigenvalue weighted by Crippen LogP contribution is 2.34. The van der Waals surface area contributed by atoms with Crippen LogP contribution in [0.3, 0.4) is 0 Å². The molecule has 6 heteroatoms. The van der Waals surface area contributed by atoms with E-state index >= 15 is 0 Å². The highest BCUT2D eigenvalue weighted by molar-refractivity contribution is 7.14. The SMILES string of the molecule is CC(=O)c1sc(C)nc1-c1cccc(C(F)(F)F)c1. The Morgan fingerprint density at radius 3 is 2.58 bits per heavy atom. The lowest BCUT2D eigenvalue weighted by molar-refractivity contribution is -0.137. The molecule has 0 aliphatic heterocycles. The summed E-state index contributed by atoms with van der Waals surface area (Å²) in [6.45, 7) is 3.10. The van der Waals surface area contributed by atoms with Gasteiger partial charge in [-0.15, -0.1) is 11.3 Å². The molecule has 0 aliphatic rings. The van der Waals surface area contributed by atoms with Crippen molar-refractivity contribution in [2.45, 2.75) is 20.0 Å². The summed E-state index contributed by atoms with van der Waals surface area (Å²) in [6.07, 6.45) is -4.41. The Balaban J connectivity index is 2.57. The monoisotopic (exact) mass is 285 g/mol. The quantitative estimate of drug-likeness (QED) is 0.768. The van der Waals surface area contributed by atoms with E-state index in [0.717, 1.165) is 12.1 Å². The minimum atomic E-state index is -4.41. The van der Waals surface area contributed by atoms with Gasteiger partial charge in [0.1, 0.15) is 0 Å². The van der Waals surface area contributed by atoms with Gasteiger partial charge in [-0.3, -0.25) is 4.79 Å². The molecule has 0 N–H and O–H groups in total. The number of Topliss-reactive ketones (excluding diaryl/α,β-unsaturated/α-hetero) is 1. The predicted octanol–water partition coefficient (Wildman–Crippen LogP) is 4.34. The molecule has 0 bridgehead atoms. The van der Waals surface area contributed by atoms with Crippen LogP contribution in [0.5, 0.6) is 0 Å². The van der Waals surface area contributed by atoms with Crippen molar-refractivity contribution in [3.05, 3.63) is 39.7 Å². The number of aromatic nitrogens is 1. The molecule has 2 nitrogen and oxygen atoms in total. The van der Waals surface area contributed by atoms with Crippen LogP contribution in [0.25, 0.3) is 11.3 Å². The number of carbonyl (C=O) groups excluding carboxylic acids is 1. The first kappa shape index (κ1) is 13.7. The number of ketones is 1. The zero-order valence-electron chi connectivity index (χ0n) is 10.2. The molecule has 1 aromatic carbocycles. The Kier molecular flexibility index (Phi) is 3.45. The first-order valence-electron chi connectivity index (χ1n) is 5.45. The largest absolute Gasteiger partial charge is 0.416 e. The van der Waals surface area contributed by atoms with Gasteiger partial charge >= 0.3 is 6.18 Å². The topological polar surface area (TPSA) is 30.0 Å². The Bertz CT molecular complexity index is 631. The lowest BCUT2D eigenvalue weighted by atomic mass is 10.1. The fourth-order valence-corrected chi connectivity index (χ4v) is 2.54. The third-order valence-electron chi connectivity index (χ3n) is 2.52. The molecule has 0 saturated carbocycles. The van der Waals surface area contributed by atoms with E-state index in [0.29, 0.717) is 21.1 Å². The molecule has 0 fully saturated rings. The van der Waals surface area contributed by atoms with Crippen LogP contribution in [-0.2, 0) is 6.18 Å². The first-order valence-corrected chi connectivity index (χ1v) is 6.26. The van der Waals surface area contributed by atoms with Gasteiger partial charge in [0.15, 0.2) is 5.78 Å². The van der Waals surface area contributed by atoms with Crippen molar-refractivity contribution in [1.29, 1.82) is 0 Å². The molecule has 2 rings (SSSR count). The molecule has 0 unspecified atom stereocenters. The highest BCUT2D eigenvalue weighted by atomic mass is 32.1. The lowest BCUT2D eigenvalue weighted by Crippen LogP contribution is -2.04. The molecule has 100 valence electrons. The molecule has 0 spiro atoms. The molecule has 19 heavy (non-hydrogen) atoms. The predicted molar refractivity (Wildman–Crippen MR) is 67.3 cm³/mol. The number of hydrogen-bond acceptors (Lipinski definition) is 3. The van der Waals surface area contributed by atoms with Gasteiger partial charge in [-0.2, -0.15) is 13.2 Å². The average Bonchev–Trinajstić information content (AvgIpc) is 2.71. The number of halogens is 3. The summed E-state index contributed by atoms with van der Waals surface area (Å²) in [7, 11) is 0. The zero-order chi connectivity index (χ0) is 14.2. The molecular weight excluding hydrogens is 275 g/mol. The second-order valence-electron chi connectivity index (χ2n) is 4.05. The fourth-order valence-electron chi connectivity index (χ4n) is 1.70. The van der Waals surface area contributed by atoms with E-state index in [1.54, 1.807) is 6.92 Å². The summed E-state index contributed by atoms with van der Waals surface area (Å²) in [5.74, 6) is -0.196. The third-order valence-corrected chi connectivity index (χ3v) is 3.59. The van der Waals surface area contributed by atoms with E-state index in [9.17, 15) is 18.0 Å². The van der Waals surface area contributed by atoms with Crippen LogP contribution >= 0.6 is 11.3 Å². The molecular formula is C13H10F3NOS. The third kappa shape index (κ3) is 2.84. The van der Waals surface area contributed by atoms with E-state index < -0.39 is 11.7 Å². The second-order valence-corrected chi connectivity index (χ2v) is 5.25.